The Kier molecular flexibility index (Phi) is 6.23. The maximum absolute atomic E-state index is 9.94. The van der Waals surface area contributed by atoms with Gasteiger partial charge in [-0.05, 0) is 65.2 Å². The number of halogens is 1. The summed E-state index contributed by atoms with van der Waals surface area (Å²) in [6.45, 7) is 5.65. The number of benzene rings is 1. The average Bonchev–Trinajstić information content (AvgIpc) is 2.81. The number of aryl methyl sites for hydroxylation is 2. The predicted octanol–water partition coefficient (Wildman–Crippen LogP) is 3.66. The van der Waals surface area contributed by atoms with Crippen LogP contribution < -0.4 is 10.1 Å². The molecule has 0 aliphatic carbocycles. The van der Waals surface area contributed by atoms with E-state index in [9.17, 15) is 5.11 Å². The molecule has 1 atom stereocenters. The first-order valence-electron chi connectivity index (χ1n) is 6.87. The van der Waals surface area contributed by atoms with E-state index in [2.05, 4.69) is 33.4 Å². The van der Waals surface area contributed by atoms with E-state index in [1.807, 2.05) is 32.0 Å². The van der Waals surface area contributed by atoms with E-state index in [4.69, 9.17) is 4.74 Å². The van der Waals surface area contributed by atoms with Crippen molar-refractivity contribution in [1.82, 2.24) is 5.32 Å². The summed E-state index contributed by atoms with van der Waals surface area (Å²) in [5.41, 5.74) is 2.33. The van der Waals surface area contributed by atoms with Crippen LogP contribution in [-0.4, -0.2) is 24.4 Å². The molecular formula is C16H20BrNO2S. The molecule has 1 aromatic heterocycles. The minimum absolute atomic E-state index is 0.296. The van der Waals surface area contributed by atoms with Crippen molar-refractivity contribution in [3.05, 3.63) is 50.1 Å². The molecule has 0 radical (unpaired) electrons. The zero-order valence-electron chi connectivity index (χ0n) is 12.2. The first kappa shape index (κ1) is 16.5. The van der Waals surface area contributed by atoms with Gasteiger partial charge in [-0.1, -0.05) is 6.07 Å². The zero-order valence-corrected chi connectivity index (χ0v) is 14.6. The fourth-order valence-electron chi connectivity index (χ4n) is 2.08. The molecule has 2 aromatic rings. The van der Waals surface area contributed by atoms with Gasteiger partial charge < -0.3 is 15.2 Å². The van der Waals surface area contributed by atoms with Gasteiger partial charge >= 0.3 is 0 Å². The molecule has 21 heavy (non-hydrogen) atoms. The van der Waals surface area contributed by atoms with Crippen LogP contribution in [0.1, 0.15) is 16.0 Å². The van der Waals surface area contributed by atoms with Crippen molar-refractivity contribution in [1.29, 1.82) is 0 Å². The fraction of sp³-hybridized carbons (Fsp3) is 0.375. The summed E-state index contributed by atoms with van der Waals surface area (Å²) in [5, 5.41) is 13.2. The van der Waals surface area contributed by atoms with Gasteiger partial charge in [0.25, 0.3) is 0 Å². The molecule has 5 heteroatoms. The average molecular weight is 370 g/mol. The first-order valence-corrected chi connectivity index (χ1v) is 8.48. The molecular weight excluding hydrogens is 350 g/mol. The maximum Gasteiger partial charge on any atom is 0.119 e. The van der Waals surface area contributed by atoms with Gasteiger partial charge in [0.2, 0.25) is 0 Å². The molecule has 2 N–H and O–H groups in total. The molecule has 0 saturated carbocycles. The summed E-state index contributed by atoms with van der Waals surface area (Å²) in [7, 11) is 0. The third-order valence-electron chi connectivity index (χ3n) is 2.95. The molecule has 2 rings (SSSR count). The van der Waals surface area contributed by atoms with Crippen LogP contribution in [0, 0.1) is 13.8 Å². The topological polar surface area (TPSA) is 41.5 Å². The molecule has 0 saturated heterocycles. The molecule has 1 heterocycles. The summed E-state index contributed by atoms with van der Waals surface area (Å²) in [4.78, 5) is 1.24. The number of hydrogen-bond donors (Lipinski definition) is 2. The van der Waals surface area contributed by atoms with Gasteiger partial charge in [0.05, 0.1) is 3.79 Å². The molecule has 0 aliphatic rings. The molecule has 0 bridgehead atoms. The van der Waals surface area contributed by atoms with Crippen molar-refractivity contribution in [2.24, 2.45) is 0 Å². The Hall–Kier alpha value is -0.880. The third kappa shape index (κ3) is 5.79. The number of ether oxygens (including phenoxy) is 1. The van der Waals surface area contributed by atoms with E-state index in [0.717, 1.165) is 16.1 Å². The number of thiophene rings is 1. The maximum atomic E-state index is 9.94. The van der Waals surface area contributed by atoms with Crippen LogP contribution in [0.15, 0.2) is 34.1 Å². The predicted molar refractivity (Wildman–Crippen MR) is 91.1 cm³/mol. The lowest BCUT2D eigenvalue weighted by molar-refractivity contribution is 0.106. The van der Waals surface area contributed by atoms with Crippen LogP contribution in [0.25, 0.3) is 0 Å². The van der Waals surface area contributed by atoms with Gasteiger partial charge in [-0.2, -0.15) is 0 Å². The number of aliphatic hydroxyl groups is 1. The van der Waals surface area contributed by atoms with E-state index in [1.165, 1.54) is 16.0 Å². The van der Waals surface area contributed by atoms with Crippen molar-refractivity contribution in [2.45, 2.75) is 26.5 Å². The Balaban J connectivity index is 1.70. The second-order valence-electron chi connectivity index (χ2n) is 5.12. The highest BCUT2D eigenvalue weighted by Gasteiger charge is 2.06. The van der Waals surface area contributed by atoms with Gasteiger partial charge in [-0.15, -0.1) is 11.3 Å². The molecule has 0 amide bonds. The monoisotopic (exact) mass is 369 g/mol. The van der Waals surface area contributed by atoms with Crippen LogP contribution in [-0.2, 0) is 6.54 Å². The zero-order chi connectivity index (χ0) is 15.2. The Morgan fingerprint density at radius 2 is 1.95 bits per heavy atom. The highest BCUT2D eigenvalue weighted by molar-refractivity contribution is 9.11. The number of aliphatic hydroxyl groups excluding tert-OH is 1. The van der Waals surface area contributed by atoms with Gasteiger partial charge in [0.15, 0.2) is 0 Å². The van der Waals surface area contributed by atoms with E-state index in [0.29, 0.717) is 13.2 Å². The normalized spacial score (nSPS) is 12.4. The molecule has 1 unspecified atom stereocenters. The number of rotatable bonds is 7. The van der Waals surface area contributed by atoms with Crippen LogP contribution in [0.4, 0.5) is 0 Å². The quantitative estimate of drug-likeness (QED) is 0.782. The summed E-state index contributed by atoms with van der Waals surface area (Å²) in [5.74, 6) is 0.814. The Morgan fingerprint density at radius 3 is 2.57 bits per heavy atom. The minimum Gasteiger partial charge on any atom is -0.491 e. The van der Waals surface area contributed by atoms with E-state index in [-0.39, 0.29) is 0 Å². The molecule has 0 aliphatic heterocycles. The van der Waals surface area contributed by atoms with Crippen LogP contribution in [0.2, 0.25) is 0 Å². The van der Waals surface area contributed by atoms with Crippen molar-refractivity contribution < 1.29 is 9.84 Å². The summed E-state index contributed by atoms with van der Waals surface area (Å²) < 4.78 is 6.76. The minimum atomic E-state index is -0.519. The summed E-state index contributed by atoms with van der Waals surface area (Å²) in [6.07, 6.45) is -0.519. The second kappa shape index (κ2) is 7.94. The number of hydrogen-bond acceptors (Lipinski definition) is 4. The lowest BCUT2D eigenvalue weighted by atomic mass is 10.1. The van der Waals surface area contributed by atoms with Gasteiger partial charge in [-0.3, -0.25) is 0 Å². The Morgan fingerprint density at radius 1 is 1.24 bits per heavy atom. The lowest BCUT2D eigenvalue weighted by Gasteiger charge is -2.13. The lowest BCUT2D eigenvalue weighted by Crippen LogP contribution is -2.31. The van der Waals surface area contributed by atoms with Gasteiger partial charge in [0.1, 0.15) is 18.5 Å². The van der Waals surface area contributed by atoms with Crippen molar-refractivity contribution in [3.8, 4) is 5.75 Å². The first-order chi connectivity index (χ1) is 10.0. The Bertz CT molecular complexity index is 565. The van der Waals surface area contributed by atoms with E-state index >= 15 is 0 Å². The molecule has 1 aromatic carbocycles. The van der Waals surface area contributed by atoms with Gasteiger partial charge in [0, 0.05) is 18.0 Å². The van der Waals surface area contributed by atoms with Crippen LogP contribution in [0.3, 0.4) is 0 Å². The third-order valence-corrected chi connectivity index (χ3v) is 4.57. The van der Waals surface area contributed by atoms with Gasteiger partial charge in [-0.25, -0.2) is 0 Å². The summed E-state index contributed by atoms with van der Waals surface area (Å²) >= 11 is 5.13. The second-order valence-corrected chi connectivity index (χ2v) is 7.67. The molecule has 0 fully saturated rings. The molecule has 114 valence electrons. The summed E-state index contributed by atoms with van der Waals surface area (Å²) in [6, 6.07) is 10.2. The van der Waals surface area contributed by atoms with Crippen LogP contribution >= 0.6 is 27.3 Å². The Labute approximate surface area is 138 Å². The van der Waals surface area contributed by atoms with Crippen molar-refractivity contribution in [2.75, 3.05) is 13.2 Å². The van der Waals surface area contributed by atoms with E-state index in [1.54, 1.807) is 11.3 Å². The highest BCUT2D eigenvalue weighted by atomic mass is 79.9. The number of nitrogens with one attached hydrogen (secondary N) is 1. The standard InChI is InChI=1S/C16H20BrNO2S/c1-11-5-12(2)7-14(6-11)20-10-13(19)8-18-9-15-3-4-16(17)21-15/h3-7,13,18-19H,8-10H2,1-2H3. The smallest absolute Gasteiger partial charge is 0.119 e. The van der Waals surface area contributed by atoms with Crippen LogP contribution in [0.5, 0.6) is 5.75 Å². The van der Waals surface area contributed by atoms with Crippen molar-refractivity contribution >= 4 is 27.3 Å². The highest BCUT2D eigenvalue weighted by Crippen LogP contribution is 2.21. The SMILES string of the molecule is Cc1cc(C)cc(OCC(O)CNCc2ccc(Br)s2)c1. The molecule has 3 nitrogen and oxygen atoms in total. The van der Waals surface area contributed by atoms with E-state index < -0.39 is 6.10 Å². The largest absolute Gasteiger partial charge is 0.491 e. The van der Waals surface area contributed by atoms with Crippen molar-refractivity contribution in [3.63, 3.8) is 0 Å². The fourth-order valence-corrected chi connectivity index (χ4v) is 3.53. The molecule has 0 spiro atoms.